The molecule has 0 radical (unpaired) electrons. The molecule has 0 unspecified atom stereocenters. The van der Waals surface area contributed by atoms with Gasteiger partial charge < -0.3 is 10.2 Å². The number of halogens is 1. The van der Waals surface area contributed by atoms with Crippen LogP contribution in [0.25, 0.3) is 10.8 Å². The number of sulfonamides is 1. The van der Waals surface area contributed by atoms with Gasteiger partial charge in [0.05, 0.1) is 10.6 Å². The molecule has 3 aromatic carbocycles. The molecule has 9 heteroatoms. The Labute approximate surface area is 223 Å². The van der Waals surface area contributed by atoms with E-state index in [1.165, 1.54) is 9.21 Å². The van der Waals surface area contributed by atoms with Gasteiger partial charge in [0.25, 0.3) is 10.0 Å². The molecule has 7 nitrogen and oxygen atoms in total. The van der Waals surface area contributed by atoms with E-state index in [1.54, 1.807) is 31.2 Å². The Morgan fingerprint density at radius 3 is 2.49 bits per heavy atom. The van der Waals surface area contributed by atoms with Crippen molar-refractivity contribution in [3.63, 3.8) is 0 Å². The zero-order valence-electron chi connectivity index (χ0n) is 21.1. The average Bonchev–Trinajstić information content (AvgIpc) is 3.11. The van der Waals surface area contributed by atoms with Crippen LogP contribution in [0.3, 0.4) is 0 Å². The van der Waals surface area contributed by atoms with Gasteiger partial charge in [0.2, 0.25) is 11.8 Å². The van der Waals surface area contributed by atoms with E-state index >= 15 is 0 Å². The summed E-state index contributed by atoms with van der Waals surface area (Å²) in [4.78, 5) is 28.0. The Balaban J connectivity index is 1.48. The molecule has 196 valence electrons. The Morgan fingerprint density at radius 1 is 1.03 bits per heavy atom. The van der Waals surface area contributed by atoms with Crippen LogP contribution in [0.1, 0.15) is 45.1 Å². The minimum atomic E-state index is -3.69. The molecule has 37 heavy (non-hydrogen) atoms. The van der Waals surface area contributed by atoms with Gasteiger partial charge in [-0.2, -0.15) is 0 Å². The van der Waals surface area contributed by atoms with Gasteiger partial charge in [0.15, 0.2) is 0 Å². The highest BCUT2D eigenvalue weighted by Crippen LogP contribution is 2.42. The molecular formula is C28H32ClN3O4S. The highest BCUT2D eigenvalue weighted by atomic mass is 35.5. The van der Waals surface area contributed by atoms with Crippen molar-refractivity contribution in [3.05, 3.63) is 71.2 Å². The fraction of sp³-hybridized carbons (Fsp3) is 0.357. The highest BCUT2D eigenvalue weighted by molar-refractivity contribution is 7.93. The van der Waals surface area contributed by atoms with E-state index in [1.807, 2.05) is 43.3 Å². The van der Waals surface area contributed by atoms with E-state index in [0.29, 0.717) is 34.0 Å². The minimum absolute atomic E-state index is 0.0926. The van der Waals surface area contributed by atoms with Crippen LogP contribution in [0.15, 0.2) is 65.6 Å². The molecule has 0 aliphatic carbocycles. The second kappa shape index (κ2) is 11.5. The van der Waals surface area contributed by atoms with Crippen LogP contribution < -0.4 is 9.62 Å². The molecule has 0 aromatic heterocycles. The molecule has 0 bridgehead atoms. The lowest BCUT2D eigenvalue weighted by Crippen LogP contribution is -2.48. The number of hydrogen-bond donors (Lipinski definition) is 1. The summed E-state index contributed by atoms with van der Waals surface area (Å²) in [6.45, 7) is 4.65. The number of carbonyl (C=O) groups excluding carboxylic acids is 2. The van der Waals surface area contributed by atoms with Crippen molar-refractivity contribution in [1.29, 1.82) is 0 Å². The zero-order chi connectivity index (χ0) is 26.6. The summed E-state index contributed by atoms with van der Waals surface area (Å²) in [6, 6.07) is 17.3. The van der Waals surface area contributed by atoms with Crippen molar-refractivity contribution < 1.29 is 18.0 Å². The fourth-order valence-corrected chi connectivity index (χ4v) is 6.59. The SMILES string of the molecule is CCCCNC(=O)[C@H](C)N(Cc1ccccc1Cl)C(=O)CCCN1c2cccc3cccc(c23)S1(=O)=O. The van der Waals surface area contributed by atoms with Crippen molar-refractivity contribution in [3.8, 4) is 0 Å². The summed E-state index contributed by atoms with van der Waals surface area (Å²) in [5, 5.41) is 5.00. The van der Waals surface area contributed by atoms with Crippen LogP contribution in [0.2, 0.25) is 5.02 Å². The molecule has 1 aliphatic rings. The molecule has 4 rings (SSSR count). The van der Waals surface area contributed by atoms with Crippen molar-refractivity contribution >= 4 is 49.9 Å². The third-order valence-corrected chi connectivity index (χ3v) is 8.95. The van der Waals surface area contributed by atoms with Crippen LogP contribution in [0, 0.1) is 0 Å². The van der Waals surface area contributed by atoms with Crippen LogP contribution in [-0.2, 0) is 26.2 Å². The number of anilines is 1. The van der Waals surface area contributed by atoms with Gasteiger partial charge >= 0.3 is 0 Å². The molecule has 0 saturated carbocycles. The molecular weight excluding hydrogens is 510 g/mol. The molecule has 1 heterocycles. The van der Waals surface area contributed by atoms with Crippen molar-refractivity contribution in [2.75, 3.05) is 17.4 Å². The Kier molecular flexibility index (Phi) is 8.39. The average molecular weight is 542 g/mol. The van der Waals surface area contributed by atoms with Gasteiger partial charge in [-0.1, -0.05) is 67.4 Å². The summed E-state index contributed by atoms with van der Waals surface area (Å²) in [5.41, 5.74) is 1.38. The summed E-state index contributed by atoms with van der Waals surface area (Å²) in [5.74, 6) is -0.455. The molecule has 1 N–H and O–H groups in total. The molecule has 0 fully saturated rings. The second-order valence-electron chi connectivity index (χ2n) is 9.25. The van der Waals surface area contributed by atoms with Crippen LogP contribution in [0.5, 0.6) is 0 Å². The number of nitrogens with one attached hydrogen (secondary N) is 1. The predicted octanol–water partition coefficient (Wildman–Crippen LogP) is 5.12. The van der Waals surface area contributed by atoms with Gasteiger partial charge in [0.1, 0.15) is 6.04 Å². The van der Waals surface area contributed by atoms with Crippen molar-refractivity contribution in [1.82, 2.24) is 10.2 Å². The maximum atomic E-state index is 13.4. The molecule has 1 aliphatic heterocycles. The quantitative estimate of drug-likeness (QED) is 0.341. The van der Waals surface area contributed by atoms with E-state index in [-0.39, 0.29) is 31.3 Å². The van der Waals surface area contributed by atoms with Gasteiger partial charge in [0, 0.05) is 36.5 Å². The lowest BCUT2D eigenvalue weighted by molar-refractivity contribution is -0.140. The lowest BCUT2D eigenvalue weighted by Gasteiger charge is -2.29. The second-order valence-corrected chi connectivity index (χ2v) is 11.5. The first kappa shape index (κ1) is 26.9. The van der Waals surface area contributed by atoms with Crippen molar-refractivity contribution in [2.45, 2.75) is 57.0 Å². The lowest BCUT2D eigenvalue weighted by atomic mass is 10.1. The summed E-state index contributed by atoms with van der Waals surface area (Å²) in [6.07, 6.45) is 2.21. The largest absolute Gasteiger partial charge is 0.354 e. The maximum Gasteiger partial charge on any atom is 0.265 e. The Hall–Kier alpha value is -3.10. The number of amides is 2. The number of nitrogens with zero attached hydrogens (tertiary/aromatic N) is 2. The summed E-state index contributed by atoms with van der Waals surface area (Å²) >= 11 is 6.35. The normalized spacial score (nSPS) is 14.5. The van der Waals surface area contributed by atoms with Gasteiger partial charge in [-0.25, -0.2) is 8.42 Å². The molecule has 1 atom stereocenters. The van der Waals surface area contributed by atoms with Crippen LogP contribution >= 0.6 is 11.6 Å². The van der Waals surface area contributed by atoms with Crippen LogP contribution in [-0.4, -0.2) is 44.3 Å². The number of hydrogen-bond acceptors (Lipinski definition) is 4. The highest BCUT2D eigenvalue weighted by Gasteiger charge is 2.35. The maximum absolute atomic E-state index is 13.4. The van der Waals surface area contributed by atoms with E-state index in [9.17, 15) is 18.0 Å². The van der Waals surface area contributed by atoms with Gasteiger partial charge in [-0.05, 0) is 48.9 Å². The Morgan fingerprint density at radius 2 is 1.76 bits per heavy atom. The van der Waals surface area contributed by atoms with E-state index < -0.39 is 16.1 Å². The third-order valence-electron chi connectivity index (χ3n) is 6.73. The first-order chi connectivity index (χ1) is 17.8. The fourth-order valence-electron chi connectivity index (χ4n) is 4.65. The van der Waals surface area contributed by atoms with Gasteiger partial charge in [-0.15, -0.1) is 0 Å². The first-order valence-electron chi connectivity index (χ1n) is 12.6. The molecule has 3 aromatic rings. The molecule has 0 saturated heterocycles. The van der Waals surface area contributed by atoms with Crippen LogP contribution in [0.4, 0.5) is 5.69 Å². The number of rotatable bonds is 11. The third kappa shape index (κ3) is 5.60. The zero-order valence-corrected chi connectivity index (χ0v) is 22.7. The smallest absolute Gasteiger partial charge is 0.265 e. The van der Waals surface area contributed by atoms with Crippen molar-refractivity contribution in [2.24, 2.45) is 0 Å². The van der Waals surface area contributed by atoms with E-state index in [4.69, 9.17) is 11.6 Å². The molecule has 2 amide bonds. The van der Waals surface area contributed by atoms with E-state index in [2.05, 4.69) is 5.32 Å². The summed E-state index contributed by atoms with van der Waals surface area (Å²) < 4.78 is 27.9. The predicted molar refractivity (Wildman–Crippen MR) is 147 cm³/mol. The topological polar surface area (TPSA) is 86.8 Å². The Bertz CT molecular complexity index is 1400. The first-order valence-corrected chi connectivity index (χ1v) is 14.4. The number of carbonyl (C=O) groups is 2. The van der Waals surface area contributed by atoms with E-state index in [0.717, 1.165) is 23.8 Å². The standard InChI is InChI=1S/C28H32ClN3O4S/c1-3-4-17-30-28(34)20(2)31(19-22-10-5-6-13-23(22)29)26(33)16-9-18-32-24-14-7-11-21-12-8-15-25(27(21)24)37(32,35)36/h5-8,10-15,20H,3-4,9,16-19H2,1-2H3,(H,30,34)/t20-/m0/s1. The van der Waals surface area contributed by atoms with Gasteiger partial charge in [-0.3, -0.25) is 13.9 Å². The monoisotopic (exact) mass is 541 g/mol. The summed E-state index contributed by atoms with van der Waals surface area (Å²) in [7, 11) is -3.69. The minimum Gasteiger partial charge on any atom is -0.354 e. The number of unbranched alkanes of at least 4 members (excludes halogenated alkanes) is 1. The molecule has 0 spiro atoms. The number of benzene rings is 3.